The fourth-order valence-corrected chi connectivity index (χ4v) is 4.64. The van der Waals surface area contributed by atoms with E-state index in [-0.39, 0.29) is 0 Å². The molecule has 0 atom stereocenters. The van der Waals surface area contributed by atoms with E-state index in [9.17, 15) is 0 Å². The maximum absolute atomic E-state index is 3.76. The van der Waals surface area contributed by atoms with Gasteiger partial charge in [-0.3, -0.25) is 0 Å². The summed E-state index contributed by atoms with van der Waals surface area (Å²) in [6.07, 6.45) is 21.2. The largest absolute Gasteiger partial charge is 0.358 e. The van der Waals surface area contributed by atoms with Gasteiger partial charge < -0.3 is 21.1 Å². The van der Waals surface area contributed by atoms with E-state index in [1.807, 2.05) is 0 Å². The lowest BCUT2D eigenvalue weighted by Gasteiger charge is -2.21. The molecule has 2 fully saturated rings. The fourth-order valence-electron chi connectivity index (χ4n) is 4.64. The molecule has 6 heteroatoms. The van der Waals surface area contributed by atoms with E-state index in [1.165, 1.54) is 96.1 Å². The fraction of sp³-hybridized carbons (Fsp3) is 1.00. The lowest BCUT2D eigenvalue weighted by molar-refractivity contribution is 0.392. The zero-order chi connectivity index (χ0) is 18.8. The van der Waals surface area contributed by atoms with Crippen molar-refractivity contribution in [2.24, 2.45) is 0 Å². The highest BCUT2D eigenvalue weighted by Crippen LogP contribution is 2.17. The minimum atomic E-state index is 0.777. The molecule has 0 aromatic rings. The molecule has 0 unspecified atom stereocenters. The third kappa shape index (κ3) is 12.9. The number of nitrogens with one attached hydrogen (secondary N) is 4. The molecular weight excluding hydrogens is 330 g/mol. The Morgan fingerprint density at radius 1 is 0.481 bits per heavy atom. The summed E-state index contributed by atoms with van der Waals surface area (Å²) < 4.78 is 0. The first-order valence-corrected chi connectivity index (χ1v) is 12.3. The monoisotopic (exact) mass is 376 g/mol. The van der Waals surface area contributed by atoms with Crippen LogP contribution in [0.1, 0.15) is 89.9 Å². The van der Waals surface area contributed by atoms with Gasteiger partial charge in [0.05, 0.1) is 0 Å². The normalized spacial score (nSPS) is 21.0. The van der Waals surface area contributed by atoms with Crippen LogP contribution in [0.3, 0.4) is 0 Å². The first-order valence-electron chi connectivity index (χ1n) is 12.3. The van der Waals surface area contributed by atoms with E-state index in [0.717, 1.165) is 53.1 Å². The van der Waals surface area contributed by atoms with Crippen LogP contribution in [0.4, 0.5) is 0 Å². The van der Waals surface area contributed by atoms with Crippen molar-refractivity contribution in [3.8, 4) is 0 Å². The van der Waals surface area contributed by atoms with E-state index >= 15 is 0 Å². The van der Waals surface area contributed by atoms with Gasteiger partial charge in [-0.15, -0.1) is 0 Å². The summed E-state index contributed by atoms with van der Waals surface area (Å²) in [4.78, 5) is 0. The van der Waals surface area contributed by atoms with E-state index in [4.69, 9.17) is 0 Å². The Hall–Kier alpha value is -0.0301. The average molecular weight is 376 g/mol. The predicted molar refractivity (Wildman–Crippen MR) is 123 cm³/mol. The van der Waals surface area contributed by atoms with Crippen LogP contribution in [0, 0.1) is 0 Å². The molecule has 0 bridgehead atoms. The van der Waals surface area contributed by atoms with Crippen molar-refractivity contribution in [2.75, 3.05) is 26.2 Å². The van der Waals surface area contributed by atoms with Crippen molar-refractivity contribution >= 4 is 14.8 Å². The summed E-state index contributed by atoms with van der Waals surface area (Å²) in [7, 11) is 2.27. The molecule has 4 nitrogen and oxygen atoms in total. The Morgan fingerprint density at radius 2 is 0.852 bits per heavy atom. The average Bonchev–Trinajstić information content (AvgIpc) is 2.62. The number of hydrogen-bond donors (Lipinski definition) is 4. The molecule has 0 aliphatic heterocycles. The summed E-state index contributed by atoms with van der Waals surface area (Å²) in [5.74, 6) is 0. The van der Waals surface area contributed by atoms with Gasteiger partial charge in [-0.25, -0.2) is 0 Å². The predicted octanol–water partition coefficient (Wildman–Crippen LogP) is 2.65. The summed E-state index contributed by atoms with van der Waals surface area (Å²) in [6.45, 7) is 4.48. The van der Waals surface area contributed by atoms with Crippen LogP contribution in [-0.4, -0.2) is 53.1 Å². The molecule has 2 saturated carbocycles. The van der Waals surface area contributed by atoms with Crippen molar-refractivity contribution < 1.29 is 0 Å². The topological polar surface area (TPSA) is 48.1 Å². The smallest absolute Gasteiger partial charge is 0.194 e. The first-order chi connectivity index (χ1) is 13.4. The minimum absolute atomic E-state index is 0.777. The van der Waals surface area contributed by atoms with Crippen LogP contribution in [0.25, 0.3) is 0 Å². The Morgan fingerprint density at radius 3 is 1.26 bits per heavy atom. The molecule has 0 saturated heterocycles. The van der Waals surface area contributed by atoms with Gasteiger partial charge in [-0.2, -0.15) is 0 Å². The van der Waals surface area contributed by atoms with Crippen molar-refractivity contribution in [3.63, 3.8) is 0 Å². The van der Waals surface area contributed by atoms with Crippen LogP contribution < -0.4 is 21.1 Å². The van der Waals surface area contributed by atoms with Crippen molar-refractivity contribution in [3.05, 3.63) is 0 Å². The molecule has 2 rings (SSSR count). The second kappa shape index (κ2) is 16.9. The lowest BCUT2D eigenvalue weighted by Crippen LogP contribution is -2.38. The quantitative estimate of drug-likeness (QED) is 0.313. The second-order valence-corrected chi connectivity index (χ2v) is 8.85. The molecule has 0 amide bonds. The molecule has 2 aliphatic carbocycles. The third-order valence-corrected chi connectivity index (χ3v) is 6.39. The standard InChI is InChI=1S/C21H46B2N4/c1-3-7-11-20(12-8-4-1)24-15-17-26-22-19-23-27-18-16-25-21-13-9-5-2-6-10-14-21/h20-27H,1-19H2. The van der Waals surface area contributed by atoms with Gasteiger partial charge in [0.25, 0.3) is 0 Å². The van der Waals surface area contributed by atoms with E-state index in [2.05, 4.69) is 21.1 Å². The van der Waals surface area contributed by atoms with Crippen LogP contribution >= 0.6 is 0 Å². The van der Waals surface area contributed by atoms with Gasteiger partial charge in [0.15, 0.2) is 14.8 Å². The highest BCUT2D eigenvalue weighted by atomic mass is 14.9. The molecule has 0 aromatic carbocycles. The summed E-state index contributed by atoms with van der Waals surface area (Å²) in [5, 5.41) is 14.7. The highest BCUT2D eigenvalue weighted by Gasteiger charge is 2.11. The van der Waals surface area contributed by atoms with Crippen LogP contribution in [0.5, 0.6) is 0 Å². The van der Waals surface area contributed by atoms with Gasteiger partial charge >= 0.3 is 0 Å². The Balaban J connectivity index is 1.31. The summed E-state index contributed by atoms with van der Waals surface area (Å²) in [5.41, 5.74) is 0. The van der Waals surface area contributed by atoms with Gasteiger partial charge in [-0.05, 0) is 38.8 Å². The summed E-state index contributed by atoms with van der Waals surface area (Å²) in [6, 6.07) is 1.55. The molecular formula is C21H46B2N4. The zero-order valence-corrected chi connectivity index (χ0v) is 18.0. The molecule has 0 heterocycles. The highest BCUT2D eigenvalue weighted by molar-refractivity contribution is 6.52. The Bertz CT molecular complexity index is 287. The van der Waals surface area contributed by atoms with E-state index in [0.29, 0.717) is 0 Å². The van der Waals surface area contributed by atoms with Gasteiger partial charge in [0.2, 0.25) is 0 Å². The van der Waals surface area contributed by atoms with Gasteiger partial charge in [0, 0.05) is 25.2 Å². The first kappa shape index (κ1) is 23.3. The molecule has 0 aromatic heterocycles. The molecule has 0 spiro atoms. The SMILES string of the molecule is B(CBNCCNC1CCCCCCC1)NCCNC1CCCCCCC1. The second-order valence-electron chi connectivity index (χ2n) is 8.85. The van der Waals surface area contributed by atoms with Gasteiger partial charge in [0.1, 0.15) is 0 Å². The van der Waals surface area contributed by atoms with E-state index < -0.39 is 0 Å². The third-order valence-electron chi connectivity index (χ3n) is 6.39. The maximum atomic E-state index is 3.76. The van der Waals surface area contributed by atoms with Crippen LogP contribution in [0.2, 0.25) is 6.22 Å². The van der Waals surface area contributed by atoms with Gasteiger partial charge in [-0.1, -0.05) is 70.4 Å². The number of hydrogen-bond acceptors (Lipinski definition) is 4. The molecule has 4 N–H and O–H groups in total. The molecule has 27 heavy (non-hydrogen) atoms. The summed E-state index contributed by atoms with van der Waals surface area (Å²) >= 11 is 0. The molecule has 2 aliphatic rings. The molecule has 156 valence electrons. The van der Waals surface area contributed by atoms with Crippen LogP contribution in [-0.2, 0) is 0 Å². The van der Waals surface area contributed by atoms with Crippen molar-refractivity contribution in [1.29, 1.82) is 0 Å². The zero-order valence-electron chi connectivity index (χ0n) is 18.0. The Labute approximate surface area is 170 Å². The Kier molecular flexibility index (Phi) is 14.5. The minimum Gasteiger partial charge on any atom is -0.358 e. The van der Waals surface area contributed by atoms with Crippen molar-refractivity contribution in [1.82, 2.24) is 21.1 Å². The number of rotatable bonds is 12. The maximum Gasteiger partial charge on any atom is 0.194 e. The van der Waals surface area contributed by atoms with E-state index in [1.54, 1.807) is 0 Å². The van der Waals surface area contributed by atoms with Crippen molar-refractivity contribution in [2.45, 2.75) is 108 Å². The molecule has 0 radical (unpaired) electrons. The van der Waals surface area contributed by atoms with Crippen LogP contribution in [0.15, 0.2) is 0 Å². The lowest BCUT2D eigenvalue weighted by atomic mass is 9.69.